The summed E-state index contributed by atoms with van der Waals surface area (Å²) < 4.78 is 8.28. The Kier molecular flexibility index (Phi) is 7.63. The summed E-state index contributed by atoms with van der Waals surface area (Å²) in [6.45, 7) is 1.40. The second-order valence-electron chi connectivity index (χ2n) is 7.13. The van der Waals surface area contributed by atoms with Crippen LogP contribution in [0.5, 0.6) is 5.75 Å². The Balaban J connectivity index is 0.00000256. The highest BCUT2D eigenvalue weighted by molar-refractivity contribution is 5.34. The van der Waals surface area contributed by atoms with E-state index in [1.807, 2.05) is 48.8 Å². The van der Waals surface area contributed by atoms with Crippen molar-refractivity contribution in [1.82, 2.24) is 0 Å². The standard InChI is InChI=1S/C26H24N2O.BrH/c27-24-15-17-28(18-16-24)19-21-11-13-25(14-12-21)29-20-26(22-7-3-1-4-8-22)23-9-5-2-6-10-23;/h1-18,26-27H,19-20H2;1H. The van der Waals surface area contributed by atoms with Crippen molar-refractivity contribution >= 4 is 5.69 Å². The van der Waals surface area contributed by atoms with Gasteiger partial charge in [-0.1, -0.05) is 60.7 Å². The van der Waals surface area contributed by atoms with E-state index in [0.29, 0.717) is 6.61 Å². The zero-order chi connectivity index (χ0) is 19.9. The normalized spacial score (nSPS) is 10.4. The zero-order valence-electron chi connectivity index (χ0n) is 16.7. The maximum absolute atomic E-state index is 6.17. The third kappa shape index (κ3) is 5.71. The van der Waals surface area contributed by atoms with Gasteiger partial charge in [-0.15, -0.1) is 0 Å². The molecule has 3 aromatic carbocycles. The molecule has 0 aliphatic heterocycles. The Morgan fingerprint density at radius 3 is 1.77 bits per heavy atom. The van der Waals surface area contributed by atoms with Crippen molar-refractivity contribution in [1.29, 1.82) is 0 Å². The van der Waals surface area contributed by atoms with Crippen molar-refractivity contribution in [2.75, 3.05) is 12.3 Å². The molecule has 0 aliphatic rings. The maximum Gasteiger partial charge on any atom is 0.173 e. The van der Waals surface area contributed by atoms with Crippen molar-refractivity contribution < 1.29 is 26.3 Å². The lowest BCUT2D eigenvalue weighted by Crippen LogP contribution is -3.00. The predicted octanol–water partition coefficient (Wildman–Crippen LogP) is 1.82. The topological polar surface area (TPSA) is 39.1 Å². The molecule has 4 aromatic rings. The monoisotopic (exact) mass is 460 g/mol. The number of anilines is 1. The van der Waals surface area contributed by atoms with Crippen LogP contribution in [0.2, 0.25) is 0 Å². The molecule has 0 saturated carbocycles. The Hall–Kier alpha value is -3.11. The number of halogens is 1. The SMILES string of the molecule is Nc1cc[n+](Cc2ccc(OCC(c3ccccc3)c3ccccc3)cc2)cc1.[Br-]. The van der Waals surface area contributed by atoms with Crippen LogP contribution in [-0.2, 0) is 6.54 Å². The fourth-order valence-electron chi connectivity index (χ4n) is 3.41. The fourth-order valence-corrected chi connectivity index (χ4v) is 3.41. The smallest absolute Gasteiger partial charge is 0.173 e. The molecule has 4 rings (SSSR count). The van der Waals surface area contributed by atoms with Crippen LogP contribution in [0, 0.1) is 0 Å². The van der Waals surface area contributed by atoms with Gasteiger partial charge < -0.3 is 27.5 Å². The highest BCUT2D eigenvalue weighted by atomic mass is 79.9. The van der Waals surface area contributed by atoms with E-state index in [2.05, 4.69) is 65.2 Å². The summed E-state index contributed by atoms with van der Waals surface area (Å²) in [7, 11) is 0. The minimum absolute atomic E-state index is 0. The van der Waals surface area contributed by atoms with E-state index >= 15 is 0 Å². The molecule has 0 aliphatic carbocycles. The summed E-state index contributed by atoms with van der Waals surface area (Å²) in [5, 5.41) is 0. The molecule has 0 atom stereocenters. The molecule has 1 aromatic heterocycles. The average molecular weight is 461 g/mol. The lowest BCUT2D eigenvalue weighted by atomic mass is 9.92. The van der Waals surface area contributed by atoms with Crippen molar-refractivity contribution in [2.45, 2.75) is 12.5 Å². The molecule has 0 bridgehead atoms. The quantitative estimate of drug-likeness (QED) is 0.427. The van der Waals surface area contributed by atoms with Crippen LogP contribution in [0.15, 0.2) is 109 Å². The average Bonchev–Trinajstić information content (AvgIpc) is 2.78. The molecule has 152 valence electrons. The molecule has 0 saturated heterocycles. The molecule has 2 N–H and O–H groups in total. The third-order valence-corrected chi connectivity index (χ3v) is 5.03. The van der Waals surface area contributed by atoms with E-state index in [0.717, 1.165) is 18.0 Å². The van der Waals surface area contributed by atoms with Gasteiger partial charge in [-0.25, -0.2) is 4.57 Å². The highest BCUT2D eigenvalue weighted by Crippen LogP contribution is 2.26. The Morgan fingerprint density at radius 2 is 1.23 bits per heavy atom. The van der Waals surface area contributed by atoms with Crippen molar-refractivity contribution in [3.63, 3.8) is 0 Å². The maximum atomic E-state index is 6.17. The second-order valence-corrected chi connectivity index (χ2v) is 7.13. The fraction of sp³-hybridized carbons (Fsp3) is 0.115. The summed E-state index contributed by atoms with van der Waals surface area (Å²) in [6.07, 6.45) is 3.98. The number of hydrogen-bond donors (Lipinski definition) is 1. The number of aromatic nitrogens is 1. The molecule has 30 heavy (non-hydrogen) atoms. The number of nitrogens with two attached hydrogens (primary N) is 1. The van der Waals surface area contributed by atoms with Gasteiger partial charge in [0.05, 0.1) is 6.61 Å². The van der Waals surface area contributed by atoms with Gasteiger partial charge in [-0.2, -0.15) is 0 Å². The van der Waals surface area contributed by atoms with E-state index in [1.54, 1.807) is 0 Å². The van der Waals surface area contributed by atoms with Crippen LogP contribution < -0.4 is 32.0 Å². The second kappa shape index (κ2) is 10.6. The number of benzene rings is 3. The van der Waals surface area contributed by atoms with Crippen LogP contribution in [0.25, 0.3) is 0 Å². The lowest BCUT2D eigenvalue weighted by molar-refractivity contribution is -0.688. The first-order valence-corrected chi connectivity index (χ1v) is 9.84. The largest absolute Gasteiger partial charge is 1.00 e. The van der Waals surface area contributed by atoms with Crippen LogP contribution in [0.1, 0.15) is 22.6 Å². The van der Waals surface area contributed by atoms with E-state index < -0.39 is 0 Å². The number of hydrogen-bond acceptors (Lipinski definition) is 2. The van der Waals surface area contributed by atoms with Crippen LogP contribution >= 0.6 is 0 Å². The van der Waals surface area contributed by atoms with E-state index in [1.165, 1.54) is 16.7 Å². The van der Waals surface area contributed by atoms with Crippen LogP contribution in [0.4, 0.5) is 5.69 Å². The number of nitrogens with zero attached hydrogens (tertiary/aromatic N) is 1. The Labute approximate surface area is 188 Å². The Morgan fingerprint density at radius 1 is 0.700 bits per heavy atom. The predicted molar refractivity (Wildman–Crippen MR) is 117 cm³/mol. The number of rotatable bonds is 7. The molecule has 1 heterocycles. The number of pyridine rings is 1. The summed E-state index contributed by atoms with van der Waals surface area (Å²) in [6, 6.07) is 33.2. The van der Waals surface area contributed by atoms with Gasteiger partial charge in [0, 0.05) is 29.3 Å². The molecular weight excluding hydrogens is 436 g/mol. The van der Waals surface area contributed by atoms with Gasteiger partial charge in [-0.3, -0.25) is 0 Å². The molecule has 0 fully saturated rings. The first-order chi connectivity index (χ1) is 14.3. The van der Waals surface area contributed by atoms with Crippen molar-refractivity contribution in [2.24, 2.45) is 0 Å². The molecule has 4 heteroatoms. The molecule has 0 amide bonds. The third-order valence-electron chi connectivity index (χ3n) is 5.03. The van der Waals surface area contributed by atoms with E-state index in [4.69, 9.17) is 10.5 Å². The van der Waals surface area contributed by atoms with Gasteiger partial charge in [0.2, 0.25) is 0 Å². The summed E-state index contributed by atoms with van der Waals surface area (Å²) >= 11 is 0. The zero-order valence-corrected chi connectivity index (χ0v) is 18.3. The van der Waals surface area contributed by atoms with Crippen LogP contribution in [-0.4, -0.2) is 6.61 Å². The number of ether oxygens (including phenoxy) is 1. The summed E-state index contributed by atoms with van der Waals surface area (Å²) in [5.41, 5.74) is 10.3. The molecule has 0 unspecified atom stereocenters. The Bertz CT molecular complexity index is 981. The molecule has 0 radical (unpaired) electrons. The minimum atomic E-state index is 0. The van der Waals surface area contributed by atoms with Crippen molar-refractivity contribution in [3.05, 3.63) is 126 Å². The molecule has 3 nitrogen and oxygen atoms in total. The first-order valence-electron chi connectivity index (χ1n) is 9.84. The van der Waals surface area contributed by atoms with Crippen molar-refractivity contribution in [3.8, 4) is 5.75 Å². The molecular formula is C26H25BrN2O. The van der Waals surface area contributed by atoms with E-state index in [9.17, 15) is 0 Å². The summed E-state index contributed by atoms with van der Waals surface area (Å²) in [4.78, 5) is 0. The number of nitrogen functional groups attached to an aromatic ring is 1. The van der Waals surface area contributed by atoms with Gasteiger partial charge in [-0.05, 0) is 35.4 Å². The summed E-state index contributed by atoms with van der Waals surface area (Å²) in [5.74, 6) is 1.08. The molecule has 0 spiro atoms. The minimum Gasteiger partial charge on any atom is -1.00 e. The van der Waals surface area contributed by atoms with E-state index in [-0.39, 0.29) is 22.9 Å². The highest BCUT2D eigenvalue weighted by Gasteiger charge is 2.15. The van der Waals surface area contributed by atoms with Crippen LogP contribution in [0.3, 0.4) is 0 Å². The van der Waals surface area contributed by atoms with Gasteiger partial charge in [0.15, 0.2) is 18.9 Å². The van der Waals surface area contributed by atoms with Gasteiger partial charge in [0.25, 0.3) is 0 Å². The first kappa shape index (κ1) is 21.6. The lowest BCUT2D eigenvalue weighted by Gasteiger charge is -2.19. The van der Waals surface area contributed by atoms with Gasteiger partial charge in [0.1, 0.15) is 5.75 Å². The van der Waals surface area contributed by atoms with Gasteiger partial charge >= 0.3 is 0 Å².